The molecule has 1 amide bonds. The van der Waals surface area contributed by atoms with Gasteiger partial charge in [-0.05, 0) is 6.07 Å². The van der Waals surface area contributed by atoms with E-state index in [1.165, 1.54) is 25.3 Å². The van der Waals surface area contributed by atoms with Crippen LogP contribution in [-0.4, -0.2) is 55.4 Å². The van der Waals surface area contributed by atoms with Gasteiger partial charge in [0.2, 0.25) is 5.75 Å². The summed E-state index contributed by atoms with van der Waals surface area (Å²) in [5.41, 5.74) is -0.208. The highest BCUT2D eigenvalue weighted by Crippen LogP contribution is 2.30. The second kappa shape index (κ2) is 9.20. The molecule has 1 aromatic carbocycles. The van der Waals surface area contributed by atoms with Gasteiger partial charge in [0.05, 0.1) is 18.6 Å². The van der Waals surface area contributed by atoms with Gasteiger partial charge < -0.3 is 24.6 Å². The first-order valence-corrected chi connectivity index (χ1v) is 6.45. The summed E-state index contributed by atoms with van der Waals surface area (Å²) in [7, 11) is 1.29. The molecule has 0 atom stereocenters. The van der Waals surface area contributed by atoms with Crippen LogP contribution < -0.4 is 14.8 Å². The van der Waals surface area contributed by atoms with Crippen LogP contribution in [0.25, 0.3) is 0 Å². The third kappa shape index (κ3) is 6.61. The zero-order valence-electron chi connectivity index (χ0n) is 12.3. The van der Waals surface area contributed by atoms with Crippen molar-refractivity contribution in [3.05, 3.63) is 28.3 Å². The molecule has 0 unspecified atom stereocenters. The van der Waals surface area contributed by atoms with Crippen molar-refractivity contribution in [2.24, 2.45) is 0 Å². The normalized spacial score (nSPS) is 9.96. The van der Waals surface area contributed by atoms with E-state index in [9.17, 15) is 19.7 Å². The molecule has 10 heteroatoms. The highest BCUT2D eigenvalue weighted by atomic mass is 16.6. The lowest BCUT2D eigenvalue weighted by molar-refractivity contribution is -0.385. The van der Waals surface area contributed by atoms with Crippen LogP contribution in [0.2, 0.25) is 0 Å². The van der Waals surface area contributed by atoms with Crippen molar-refractivity contribution in [3.8, 4) is 11.5 Å². The van der Waals surface area contributed by atoms with E-state index >= 15 is 0 Å². The van der Waals surface area contributed by atoms with E-state index in [0.717, 1.165) is 0 Å². The van der Waals surface area contributed by atoms with Crippen LogP contribution in [0.4, 0.5) is 5.69 Å². The maximum Gasteiger partial charge on any atom is 0.329 e. The van der Waals surface area contributed by atoms with Crippen molar-refractivity contribution in [1.29, 1.82) is 0 Å². The van der Waals surface area contributed by atoms with Gasteiger partial charge in [0.25, 0.3) is 5.91 Å². The number of rotatable bonds is 10. The number of nitro groups is 1. The van der Waals surface area contributed by atoms with Gasteiger partial charge in [-0.25, -0.2) is 4.79 Å². The smallest absolute Gasteiger partial charge is 0.329 e. The molecular formula is C13H16N2O8. The zero-order chi connectivity index (χ0) is 17.2. The minimum absolute atomic E-state index is 0.0231. The number of nitrogens with zero attached hydrogens (tertiary/aromatic N) is 1. The Bertz CT molecular complexity index is 575. The van der Waals surface area contributed by atoms with Gasteiger partial charge in [-0.15, -0.1) is 0 Å². The molecule has 0 aliphatic carbocycles. The summed E-state index contributed by atoms with van der Waals surface area (Å²) >= 11 is 0. The number of benzene rings is 1. The third-order valence-corrected chi connectivity index (χ3v) is 2.51. The molecule has 1 rings (SSSR count). The second-order valence-electron chi connectivity index (χ2n) is 4.18. The van der Waals surface area contributed by atoms with Crippen molar-refractivity contribution < 1.29 is 33.8 Å². The monoisotopic (exact) mass is 328 g/mol. The number of nitro benzene ring substituents is 1. The Morgan fingerprint density at radius 1 is 1.35 bits per heavy atom. The Morgan fingerprint density at radius 2 is 2.09 bits per heavy atom. The number of carbonyl (C=O) groups is 2. The number of methoxy groups -OCH3 is 1. The van der Waals surface area contributed by atoms with E-state index < -0.39 is 23.4 Å². The predicted molar refractivity (Wildman–Crippen MR) is 76.6 cm³/mol. The summed E-state index contributed by atoms with van der Waals surface area (Å²) in [6, 6.07) is 3.87. The molecule has 23 heavy (non-hydrogen) atoms. The first-order chi connectivity index (χ1) is 10.9. The Balaban J connectivity index is 2.38. The van der Waals surface area contributed by atoms with Crippen molar-refractivity contribution in [2.45, 2.75) is 0 Å². The van der Waals surface area contributed by atoms with Crippen molar-refractivity contribution in [3.63, 3.8) is 0 Å². The fraction of sp³-hybridized carbons (Fsp3) is 0.385. The number of carbonyl (C=O) groups excluding carboxylic acids is 1. The maximum absolute atomic E-state index is 11.5. The fourth-order valence-electron chi connectivity index (χ4n) is 1.52. The molecule has 126 valence electrons. The number of carboxylic acids is 1. The summed E-state index contributed by atoms with van der Waals surface area (Å²) in [5, 5.41) is 21.6. The fourth-order valence-corrected chi connectivity index (χ4v) is 1.52. The molecular weight excluding hydrogens is 312 g/mol. The summed E-state index contributed by atoms with van der Waals surface area (Å²) in [6.45, 7) is -0.544. The number of hydrogen-bond acceptors (Lipinski definition) is 7. The average molecular weight is 328 g/mol. The minimum atomic E-state index is -1.09. The summed E-state index contributed by atoms with van der Waals surface area (Å²) in [5.74, 6) is -1.27. The highest BCUT2D eigenvalue weighted by Gasteiger charge is 2.15. The first kappa shape index (κ1) is 18.2. The lowest BCUT2D eigenvalue weighted by Gasteiger charge is -2.09. The third-order valence-electron chi connectivity index (χ3n) is 2.51. The Morgan fingerprint density at radius 3 is 2.70 bits per heavy atom. The largest absolute Gasteiger partial charge is 0.490 e. The Labute approximate surface area is 131 Å². The highest BCUT2D eigenvalue weighted by molar-refractivity contribution is 5.77. The van der Waals surface area contributed by atoms with Crippen LogP contribution >= 0.6 is 0 Å². The molecule has 0 bridgehead atoms. The molecule has 0 aliphatic rings. The minimum Gasteiger partial charge on any atom is -0.490 e. The van der Waals surface area contributed by atoms with Crippen LogP contribution in [0.5, 0.6) is 11.5 Å². The van der Waals surface area contributed by atoms with Crippen molar-refractivity contribution >= 4 is 17.6 Å². The SMILES string of the molecule is COc1cc(OCC(=O)NCCOCC(=O)O)ccc1[N+](=O)[O-]. The standard InChI is InChI=1S/C13H16N2O8/c1-21-11-6-9(2-3-10(11)15(19)20)23-7-12(16)14-4-5-22-8-13(17)18/h2-3,6H,4-5,7-8H2,1H3,(H,14,16)(H,17,18). The van der Waals surface area contributed by atoms with E-state index in [1.807, 2.05) is 0 Å². The van der Waals surface area contributed by atoms with Crippen LogP contribution in [0, 0.1) is 10.1 Å². The number of amides is 1. The zero-order valence-corrected chi connectivity index (χ0v) is 12.3. The summed E-state index contributed by atoms with van der Waals surface area (Å²) in [6.07, 6.45) is 0. The number of aliphatic carboxylic acids is 1. The average Bonchev–Trinajstić information content (AvgIpc) is 2.51. The molecule has 10 nitrogen and oxygen atoms in total. The molecule has 0 saturated carbocycles. The van der Waals surface area contributed by atoms with Gasteiger partial charge in [0.1, 0.15) is 12.4 Å². The molecule has 0 saturated heterocycles. The van der Waals surface area contributed by atoms with Crippen LogP contribution in [-0.2, 0) is 14.3 Å². The Hall–Kier alpha value is -2.88. The van der Waals surface area contributed by atoms with E-state index in [2.05, 4.69) is 5.32 Å². The Kier molecular flexibility index (Phi) is 7.27. The number of hydrogen-bond donors (Lipinski definition) is 2. The summed E-state index contributed by atoms with van der Waals surface area (Å²) in [4.78, 5) is 31.8. The van der Waals surface area contributed by atoms with Gasteiger partial charge >= 0.3 is 11.7 Å². The molecule has 0 aromatic heterocycles. The first-order valence-electron chi connectivity index (χ1n) is 6.45. The van der Waals surface area contributed by atoms with E-state index in [4.69, 9.17) is 19.3 Å². The predicted octanol–water partition coefficient (Wildman–Crippen LogP) is 0.200. The van der Waals surface area contributed by atoms with Gasteiger partial charge in [0.15, 0.2) is 6.61 Å². The molecule has 0 radical (unpaired) electrons. The van der Waals surface area contributed by atoms with Crippen molar-refractivity contribution in [1.82, 2.24) is 5.32 Å². The molecule has 2 N–H and O–H groups in total. The number of carboxylic acid groups (broad SMARTS) is 1. The number of ether oxygens (including phenoxy) is 3. The molecule has 0 spiro atoms. The van der Waals surface area contributed by atoms with Gasteiger partial charge in [-0.1, -0.05) is 0 Å². The summed E-state index contributed by atoms with van der Waals surface area (Å²) < 4.78 is 14.8. The molecule has 0 fully saturated rings. The van der Waals surface area contributed by atoms with E-state index in [-0.39, 0.29) is 36.9 Å². The van der Waals surface area contributed by atoms with Gasteiger partial charge in [0, 0.05) is 18.7 Å². The van der Waals surface area contributed by atoms with Crippen molar-refractivity contribution in [2.75, 3.05) is 33.5 Å². The van der Waals surface area contributed by atoms with Crippen LogP contribution in [0.1, 0.15) is 0 Å². The second-order valence-corrected chi connectivity index (χ2v) is 4.18. The maximum atomic E-state index is 11.5. The van der Waals surface area contributed by atoms with Gasteiger partial charge in [-0.3, -0.25) is 14.9 Å². The van der Waals surface area contributed by atoms with Crippen LogP contribution in [0.15, 0.2) is 18.2 Å². The lowest BCUT2D eigenvalue weighted by atomic mass is 10.3. The van der Waals surface area contributed by atoms with Gasteiger partial charge in [-0.2, -0.15) is 0 Å². The molecule has 1 aromatic rings. The topological polar surface area (TPSA) is 137 Å². The van der Waals surface area contributed by atoms with Crippen LogP contribution in [0.3, 0.4) is 0 Å². The van der Waals surface area contributed by atoms with E-state index in [1.54, 1.807) is 0 Å². The van der Waals surface area contributed by atoms with E-state index in [0.29, 0.717) is 0 Å². The lowest BCUT2D eigenvalue weighted by Crippen LogP contribution is -2.32. The number of nitrogens with one attached hydrogen (secondary N) is 1. The molecule has 0 aliphatic heterocycles. The molecule has 0 heterocycles. The quantitative estimate of drug-likeness (QED) is 0.353.